The molecule has 3 rings (SSSR count). The van der Waals surface area contributed by atoms with Crippen molar-refractivity contribution >= 4 is 11.6 Å². The van der Waals surface area contributed by atoms with Gasteiger partial charge in [0.05, 0.1) is 7.11 Å². The first kappa shape index (κ1) is 21.4. The van der Waals surface area contributed by atoms with Crippen molar-refractivity contribution < 1.29 is 9.53 Å². The Bertz CT molecular complexity index is 775. The fourth-order valence-electron chi connectivity index (χ4n) is 3.91. The molecule has 2 aromatic rings. The Kier molecular flexibility index (Phi) is 7.32. The summed E-state index contributed by atoms with van der Waals surface area (Å²) in [7, 11) is 1.64. The van der Waals surface area contributed by atoms with Crippen LogP contribution in [0.5, 0.6) is 5.75 Å². The van der Waals surface area contributed by atoms with E-state index >= 15 is 0 Å². The molecule has 0 spiro atoms. The minimum absolute atomic E-state index is 0.0668. The van der Waals surface area contributed by atoms with Crippen molar-refractivity contribution in [3.8, 4) is 5.75 Å². The van der Waals surface area contributed by atoms with Gasteiger partial charge in [-0.15, -0.1) is 0 Å². The van der Waals surface area contributed by atoms with Crippen LogP contribution in [-0.4, -0.2) is 43.6 Å². The molecular formula is C25H34N2O2. The number of likely N-dealkylation sites (tertiary alicyclic amines) is 1. The van der Waals surface area contributed by atoms with E-state index in [0.717, 1.165) is 49.8 Å². The maximum absolute atomic E-state index is 13.5. The molecule has 1 amide bonds. The van der Waals surface area contributed by atoms with E-state index in [9.17, 15) is 4.79 Å². The second-order valence-electron chi connectivity index (χ2n) is 8.49. The van der Waals surface area contributed by atoms with E-state index in [1.807, 2.05) is 29.2 Å². The molecule has 0 N–H and O–H groups in total. The largest absolute Gasteiger partial charge is 0.497 e. The molecule has 0 aliphatic carbocycles. The van der Waals surface area contributed by atoms with Crippen molar-refractivity contribution in [1.29, 1.82) is 0 Å². The van der Waals surface area contributed by atoms with Crippen molar-refractivity contribution in [2.24, 2.45) is 5.92 Å². The second-order valence-corrected chi connectivity index (χ2v) is 8.49. The molecule has 4 heteroatoms. The standard InChI is InChI=1S/C25H34N2O2/c1-19(2)13-16-26-17-14-23(15-18-26)27(22-9-5-20(3)6-10-22)25(28)21-7-11-24(29-4)12-8-21/h5-12,19,23H,13-18H2,1-4H3. The van der Waals surface area contributed by atoms with Crippen LogP contribution in [0, 0.1) is 12.8 Å². The van der Waals surface area contributed by atoms with Crippen LogP contribution in [0.25, 0.3) is 0 Å². The van der Waals surface area contributed by atoms with Crippen molar-refractivity contribution in [2.75, 3.05) is 31.6 Å². The number of carbonyl (C=O) groups is 1. The maximum Gasteiger partial charge on any atom is 0.258 e. The van der Waals surface area contributed by atoms with Crippen LogP contribution in [0.2, 0.25) is 0 Å². The molecule has 2 aromatic carbocycles. The predicted molar refractivity (Wildman–Crippen MR) is 120 cm³/mol. The molecule has 0 aromatic heterocycles. The highest BCUT2D eigenvalue weighted by Crippen LogP contribution is 2.27. The fraction of sp³-hybridized carbons (Fsp3) is 0.480. The molecule has 1 heterocycles. The summed E-state index contributed by atoms with van der Waals surface area (Å²) in [5.41, 5.74) is 2.89. The third-order valence-corrected chi connectivity index (χ3v) is 5.81. The quantitative estimate of drug-likeness (QED) is 0.650. The summed E-state index contributed by atoms with van der Waals surface area (Å²) in [5.74, 6) is 1.56. The van der Waals surface area contributed by atoms with E-state index < -0.39 is 0 Å². The van der Waals surface area contributed by atoms with Crippen LogP contribution in [0.1, 0.15) is 49.0 Å². The molecule has 1 aliphatic rings. The van der Waals surface area contributed by atoms with Gasteiger partial charge < -0.3 is 14.5 Å². The number of hydrogen-bond donors (Lipinski definition) is 0. The van der Waals surface area contributed by atoms with E-state index in [2.05, 4.69) is 49.9 Å². The third-order valence-electron chi connectivity index (χ3n) is 5.81. The summed E-state index contributed by atoms with van der Waals surface area (Å²) < 4.78 is 5.24. The summed E-state index contributed by atoms with van der Waals surface area (Å²) in [6, 6.07) is 16.0. The Morgan fingerprint density at radius 2 is 1.69 bits per heavy atom. The summed E-state index contributed by atoms with van der Waals surface area (Å²) in [4.78, 5) is 18.1. The fourth-order valence-corrected chi connectivity index (χ4v) is 3.91. The molecule has 0 unspecified atom stereocenters. The Morgan fingerprint density at radius 1 is 1.07 bits per heavy atom. The zero-order valence-corrected chi connectivity index (χ0v) is 18.2. The van der Waals surface area contributed by atoms with Crippen LogP contribution in [0.3, 0.4) is 0 Å². The molecule has 1 aliphatic heterocycles. The first-order valence-corrected chi connectivity index (χ1v) is 10.7. The van der Waals surface area contributed by atoms with Crippen molar-refractivity contribution in [2.45, 2.75) is 46.1 Å². The number of rotatable bonds is 7. The van der Waals surface area contributed by atoms with Gasteiger partial charge in [-0.25, -0.2) is 0 Å². The zero-order chi connectivity index (χ0) is 20.8. The van der Waals surface area contributed by atoms with Crippen molar-refractivity contribution in [3.63, 3.8) is 0 Å². The SMILES string of the molecule is COc1ccc(C(=O)N(c2ccc(C)cc2)C2CCN(CCC(C)C)CC2)cc1. The van der Waals surface area contributed by atoms with Gasteiger partial charge in [0.1, 0.15) is 5.75 Å². The minimum Gasteiger partial charge on any atom is -0.497 e. The summed E-state index contributed by atoms with van der Waals surface area (Å²) in [6.07, 6.45) is 3.25. The van der Waals surface area contributed by atoms with Gasteiger partial charge in [-0.2, -0.15) is 0 Å². The lowest BCUT2D eigenvalue weighted by molar-refractivity contribution is 0.0959. The Morgan fingerprint density at radius 3 is 2.24 bits per heavy atom. The van der Waals surface area contributed by atoms with Crippen LogP contribution in [0.15, 0.2) is 48.5 Å². The summed E-state index contributed by atoms with van der Waals surface area (Å²) >= 11 is 0. The van der Waals surface area contributed by atoms with E-state index in [4.69, 9.17) is 4.74 Å². The minimum atomic E-state index is 0.0668. The summed E-state index contributed by atoms with van der Waals surface area (Å²) in [5, 5.41) is 0. The van der Waals surface area contributed by atoms with E-state index in [-0.39, 0.29) is 11.9 Å². The van der Waals surface area contributed by atoms with E-state index in [0.29, 0.717) is 5.56 Å². The maximum atomic E-state index is 13.5. The number of carbonyl (C=O) groups excluding carboxylic acids is 1. The van der Waals surface area contributed by atoms with Gasteiger partial charge >= 0.3 is 0 Å². The Hall–Kier alpha value is -2.33. The van der Waals surface area contributed by atoms with Gasteiger partial charge in [0.25, 0.3) is 5.91 Å². The van der Waals surface area contributed by atoms with Gasteiger partial charge in [0.2, 0.25) is 0 Å². The number of methoxy groups -OCH3 is 1. The third kappa shape index (κ3) is 5.60. The van der Waals surface area contributed by atoms with Crippen LogP contribution < -0.4 is 9.64 Å². The molecule has 0 bridgehead atoms. The Balaban J connectivity index is 1.78. The van der Waals surface area contributed by atoms with E-state index in [1.165, 1.54) is 12.0 Å². The molecule has 4 nitrogen and oxygen atoms in total. The molecule has 0 atom stereocenters. The van der Waals surface area contributed by atoms with Gasteiger partial charge in [-0.3, -0.25) is 4.79 Å². The topological polar surface area (TPSA) is 32.8 Å². The number of aryl methyl sites for hydroxylation is 1. The van der Waals surface area contributed by atoms with Gasteiger partial charge in [-0.05, 0) is 75.0 Å². The number of benzene rings is 2. The number of amides is 1. The van der Waals surface area contributed by atoms with Crippen molar-refractivity contribution in [3.05, 3.63) is 59.7 Å². The highest BCUT2D eigenvalue weighted by molar-refractivity contribution is 6.06. The molecular weight excluding hydrogens is 360 g/mol. The molecule has 29 heavy (non-hydrogen) atoms. The number of anilines is 1. The monoisotopic (exact) mass is 394 g/mol. The lowest BCUT2D eigenvalue weighted by Crippen LogP contribution is -2.48. The molecule has 1 fully saturated rings. The number of hydrogen-bond acceptors (Lipinski definition) is 3. The highest BCUT2D eigenvalue weighted by atomic mass is 16.5. The number of piperidine rings is 1. The van der Waals surface area contributed by atoms with Gasteiger partial charge in [0, 0.05) is 30.4 Å². The molecule has 0 radical (unpaired) electrons. The van der Waals surface area contributed by atoms with Crippen LogP contribution >= 0.6 is 0 Å². The average Bonchev–Trinajstić information content (AvgIpc) is 2.74. The van der Waals surface area contributed by atoms with Gasteiger partial charge in [0.15, 0.2) is 0 Å². The lowest BCUT2D eigenvalue weighted by Gasteiger charge is -2.39. The number of nitrogens with zero attached hydrogens (tertiary/aromatic N) is 2. The van der Waals surface area contributed by atoms with Crippen LogP contribution in [-0.2, 0) is 0 Å². The molecule has 156 valence electrons. The van der Waals surface area contributed by atoms with Gasteiger partial charge in [-0.1, -0.05) is 31.5 Å². The Labute approximate surface area is 175 Å². The van der Waals surface area contributed by atoms with E-state index in [1.54, 1.807) is 7.11 Å². The smallest absolute Gasteiger partial charge is 0.258 e. The van der Waals surface area contributed by atoms with Crippen LogP contribution in [0.4, 0.5) is 5.69 Å². The predicted octanol–water partition coefficient (Wildman–Crippen LogP) is 5.16. The zero-order valence-electron chi connectivity index (χ0n) is 18.2. The first-order chi connectivity index (χ1) is 14.0. The second kappa shape index (κ2) is 9.93. The highest BCUT2D eigenvalue weighted by Gasteiger charge is 2.29. The first-order valence-electron chi connectivity index (χ1n) is 10.7. The molecule has 0 saturated carbocycles. The lowest BCUT2D eigenvalue weighted by atomic mass is 9.99. The normalized spacial score (nSPS) is 15.5. The average molecular weight is 395 g/mol. The summed E-state index contributed by atoms with van der Waals surface area (Å²) in [6.45, 7) is 9.89. The van der Waals surface area contributed by atoms with Crippen molar-refractivity contribution in [1.82, 2.24) is 4.90 Å². The number of ether oxygens (including phenoxy) is 1. The molecule has 1 saturated heterocycles.